The Kier molecular flexibility index (Phi) is 4.40. The van der Waals surface area contributed by atoms with Crippen LogP contribution in [-0.4, -0.2) is 41.4 Å². The summed E-state index contributed by atoms with van der Waals surface area (Å²) in [6, 6.07) is 15.7. The average Bonchev–Trinajstić information content (AvgIpc) is 3.43. The molecular weight excluding hydrogens is 406 g/mol. The predicted molar refractivity (Wildman–Crippen MR) is 123 cm³/mol. The van der Waals surface area contributed by atoms with Gasteiger partial charge in [0, 0.05) is 30.0 Å². The van der Waals surface area contributed by atoms with E-state index in [2.05, 4.69) is 9.88 Å². The second-order valence-electron chi connectivity index (χ2n) is 8.84. The zero-order chi connectivity index (χ0) is 21.0. The van der Waals surface area contributed by atoms with Crippen LogP contribution < -0.4 is 0 Å². The van der Waals surface area contributed by atoms with Crippen LogP contribution in [0.25, 0.3) is 21.7 Å². The molecule has 0 amide bonds. The summed E-state index contributed by atoms with van der Waals surface area (Å²) in [6.07, 6.45) is 10.1. The lowest BCUT2D eigenvalue weighted by Gasteiger charge is -2.34. The lowest BCUT2D eigenvalue weighted by Crippen LogP contribution is -2.37. The third-order valence-electron chi connectivity index (χ3n) is 7.14. The summed E-state index contributed by atoms with van der Waals surface area (Å²) in [5.41, 5.74) is 1.84. The van der Waals surface area contributed by atoms with Crippen LogP contribution in [0, 0.1) is 0 Å². The molecule has 2 saturated heterocycles. The van der Waals surface area contributed by atoms with Crippen LogP contribution in [-0.2, 0) is 10.0 Å². The first kappa shape index (κ1) is 19.0. The number of aromatic nitrogens is 2. The van der Waals surface area contributed by atoms with E-state index < -0.39 is 10.0 Å². The van der Waals surface area contributed by atoms with Crippen molar-refractivity contribution in [1.82, 2.24) is 13.9 Å². The van der Waals surface area contributed by atoms with Gasteiger partial charge in [-0.1, -0.05) is 30.3 Å². The van der Waals surface area contributed by atoms with Crippen molar-refractivity contribution in [3.8, 4) is 0 Å². The summed E-state index contributed by atoms with van der Waals surface area (Å²) in [6.45, 7) is 2.30. The molecule has 2 atom stereocenters. The Labute approximate surface area is 182 Å². The van der Waals surface area contributed by atoms with Gasteiger partial charge in [-0.3, -0.25) is 4.98 Å². The summed E-state index contributed by atoms with van der Waals surface area (Å²) >= 11 is 0. The Balaban J connectivity index is 1.46. The zero-order valence-corrected chi connectivity index (χ0v) is 18.1. The van der Waals surface area contributed by atoms with Gasteiger partial charge in [0.05, 0.1) is 10.4 Å². The first-order valence-corrected chi connectivity index (χ1v) is 12.5. The Morgan fingerprint density at radius 3 is 2.74 bits per heavy atom. The van der Waals surface area contributed by atoms with Crippen molar-refractivity contribution in [1.29, 1.82) is 0 Å². The van der Waals surface area contributed by atoms with Crippen LogP contribution in [0.2, 0.25) is 0 Å². The van der Waals surface area contributed by atoms with E-state index in [-0.39, 0.29) is 0 Å². The number of hydrogen-bond donors (Lipinski definition) is 0. The van der Waals surface area contributed by atoms with E-state index in [0.717, 1.165) is 41.1 Å². The molecule has 2 unspecified atom stereocenters. The SMILES string of the molecule is O=S(=O)(c1ccc2ccccc2c1)n1cc(C2CCN3CCCC3C2)c2cnccc21. The van der Waals surface area contributed by atoms with Crippen LogP contribution in [0.5, 0.6) is 0 Å². The number of piperidine rings is 1. The average molecular weight is 432 g/mol. The molecule has 2 fully saturated rings. The maximum Gasteiger partial charge on any atom is 0.268 e. The summed E-state index contributed by atoms with van der Waals surface area (Å²) in [5, 5.41) is 2.92. The largest absolute Gasteiger partial charge is 0.300 e. The van der Waals surface area contributed by atoms with Gasteiger partial charge in [0.15, 0.2) is 0 Å². The molecule has 2 aromatic heterocycles. The molecule has 158 valence electrons. The molecule has 0 spiro atoms. The highest BCUT2D eigenvalue weighted by Gasteiger charge is 2.34. The highest BCUT2D eigenvalue weighted by Crippen LogP contribution is 2.40. The van der Waals surface area contributed by atoms with E-state index in [9.17, 15) is 8.42 Å². The fourth-order valence-electron chi connectivity index (χ4n) is 5.54. The number of nitrogens with zero attached hydrogens (tertiary/aromatic N) is 3. The molecule has 2 aromatic carbocycles. The van der Waals surface area contributed by atoms with Crippen molar-refractivity contribution in [2.45, 2.75) is 42.5 Å². The van der Waals surface area contributed by atoms with Gasteiger partial charge >= 0.3 is 0 Å². The Morgan fingerprint density at radius 1 is 0.968 bits per heavy atom. The van der Waals surface area contributed by atoms with Crippen LogP contribution in [0.1, 0.15) is 37.2 Å². The van der Waals surface area contributed by atoms with Crippen LogP contribution in [0.4, 0.5) is 0 Å². The van der Waals surface area contributed by atoms with E-state index >= 15 is 0 Å². The minimum absolute atomic E-state index is 0.317. The van der Waals surface area contributed by atoms with Gasteiger partial charge in [0.2, 0.25) is 0 Å². The maximum atomic E-state index is 13.7. The fraction of sp³-hybridized carbons (Fsp3) is 0.320. The van der Waals surface area contributed by atoms with Crippen LogP contribution in [0.3, 0.4) is 0 Å². The Hall–Kier alpha value is -2.70. The zero-order valence-electron chi connectivity index (χ0n) is 17.3. The predicted octanol–water partition coefficient (Wildman–Crippen LogP) is 4.77. The summed E-state index contributed by atoms with van der Waals surface area (Å²) in [7, 11) is -3.71. The molecule has 4 heterocycles. The lowest BCUT2D eigenvalue weighted by atomic mass is 9.85. The Morgan fingerprint density at radius 2 is 1.84 bits per heavy atom. The van der Waals surface area contributed by atoms with Crippen molar-refractivity contribution >= 4 is 31.7 Å². The van der Waals surface area contributed by atoms with Crippen LogP contribution >= 0.6 is 0 Å². The second kappa shape index (κ2) is 7.18. The molecule has 5 nitrogen and oxygen atoms in total. The van der Waals surface area contributed by atoms with Gasteiger partial charge < -0.3 is 4.90 Å². The topological polar surface area (TPSA) is 55.2 Å². The number of rotatable bonds is 3. The third kappa shape index (κ3) is 3.08. The number of pyridine rings is 1. The van der Waals surface area contributed by atoms with E-state index in [4.69, 9.17) is 0 Å². The third-order valence-corrected chi connectivity index (χ3v) is 8.81. The standard InChI is InChI=1S/C25H25N3O2S/c29-31(30,22-8-7-18-4-1-2-5-19(18)15-22)28-17-24(23-16-26-11-9-25(23)28)20-10-13-27-12-3-6-21(27)14-20/h1-2,4-5,7-9,11,15-17,20-21H,3,6,10,12-14H2. The molecule has 0 saturated carbocycles. The second-order valence-corrected chi connectivity index (χ2v) is 10.7. The number of fused-ring (bicyclic) bond motifs is 3. The van der Waals surface area contributed by atoms with Crippen molar-refractivity contribution in [3.05, 3.63) is 72.7 Å². The highest BCUT2D eigenvalue weighted by molar-refractivity contribution is 7.90. The lowest BCUT2D eigenvalue weighted by molar-refractivity contribution is 0.181. The van der Waals surface area contributed by atoms with Gasteiger partial charge in [0.25, 0.3) is 10.0 Å². The van der Waals surface area contributed by atoms with E-state index in [0.29, 0.717) is 22.4 Å². The van der Waals surface area contributed by atoms with Gasteiger partial charge in [-0.25, -0.2) is 12.4 Å². The molecule has 4 aromatic rings. The van der Waals surface area contributed by atoms with E-state index in [1.54, 1.807) is 18.3 Å². The molecule has 6 rings (SSSR count). The molecule has 0 bridgehead atoms. The molecular formula is C25H25N3O2S. The minimum Gasteiger partial charge on any atom is -0.300 e. The number of hydrogen-bond acceptors (Lipinski definition) is 4. The normalized spacial score (nSPS) is 22.2. The van der Waals surface area contributed by atoms with Crippen molar-refractivity contribution < 1.29 is 8.42 Å². The minimum atomic E-state index is -3.71. The highest BCUT2D eigenvalue weighted by atomic mass is 32.2. The summed E-state index contributed by atoms with van der Waals surface area (Å²) in [4.78, 5) is 7.24. The first-order valence-electron chi connectivity index (χ1n) is 11.0. The number of benzene rings is 2. The quantitative estimate of drug-likeness (QED) is 0.469. The first-order chi connectivity index (χ1) is 15.1. The molecule has 0 N–H and O–H groups in total. The molecule has 2 aliphatic heterocycles. The van der Waals surface area contributed by atoms with Crippen molar-refractivity contribution in [2.24, 2.45) is 0 Å². The molecule has 6 heteroatoms. The fourth-order valence-corrected chi connectivity index (χ4v) is 6.95. The van der Waals surface area contributed by atoms with Gasteiger partial charge in [0.1, 0.15) is 0 Å². The van der Waals surface area contributed by atoms with Crippen molar-refractivity contribution in [2.75, 3.05) is 13.1 Å². The smallest absolute Gasteiger partial charge is 0.268 e. The monoisotopic (exact) mass is 431 g/mol. The summed E-state index contributed by atoms with van der Waals surface area (Å²) < 4.78 is 28.9. The van der Waals surface area contributed by atoms with Crippen LogP contribution in [0.15, 0.2) is 72.0 Å². The van der Waals surface area contributed by atoms with Gasteiger partial charge in [-0.15, -0.1) is 0 Å². The van der Waals surface area contributed by atoms with Gasteiger partial charge in [-0.2, -0.15) is 0 Å². The molecule has 0 radical (unpaired) electrons. The molecule has 0 aliphatic carbocycles. The molecule has 31 heavy (non-hydrogen) atoms. The molecule has 2 aliphatic rings. The Bertz CT molecular complexity index is 1390. The van der Waals surface area contributed by atoms with Crippen molar-refractivity contribution in [3.63, 3.8) is 0 Å². The van der Waals surface area contributed by atoms with E-state index in [1.807, 2.05) is 48.8 Å². The maximum absolute atomic E-state index is 13.7. The summed E-state index contributed by atoms with van der Waals surface area (Å²) in [5.74, 6) is 0.374. The van der Waals surface area contributed by atoms with E-state index in [1.165, 1.54) is 23.4 Å². The van der Waals surface area contributed by atoms with Gasteiger partial charge in [-0.05, 0) is 79.2 Å².